The third-order valence-electron chi connectivity index (χ3n) is 0.394. The zero-order valence-electron chi connectivity index (χ0n) is 2.93. The Morgan fingerprint density at radius 2 is 2.00 bits per heavy atom. The van der Waals surface area contributed by atoms with E-state index >= 15 is 0 Å². The first kappa shape index (κ1) is 3.61. The van der Waals surface area contributed by atoms with E-state index in [2.05, 4.69) is 28.3 Å². The third kappa shape index (κ3) is 0.367. The van der Waals surface area contributed by atoms with Gasteiger partial charge in [-0.2, -0.15) is 0 Å². The number of hydrogen-bond donors (Lipinski definition) is 0. The van der Waals surface area contributed by atoms with E-state index in [1.54, 1.807) is 0 Å². The van der Waals surface area contributed by atoms with Gasteiger partial charge in [0.1, 0.15) is 0 Å². The first-order valence-electron chi connectivity index (χ1n) is 1.37. The van der Waals surface area contributed by atoms with Crippen LogP contribution in [0.25, 0.3) is 0 Å². The van der Waals surface area contributed by atoms with Gasteiger partial charge < -0.3 is 9.47 Å². The first-order valence-corrected chi connectivity index (χ1v) is 1.78. The van der Waals surface area contributed by atoms with Gasteiger partial charge in [0.2, 0.25) is 0 Å². The van der Waals surface area contributed by atoms with Crippen molar-refractivity contribution in [3.05, 3.63) is 12.5 Å². The Hall–Kier alpha value is -0.570. The normalized spacial score (nSPS) is 18.0. The van der Waals surface area contributed by atoms with Crippen molar-refractivity contribution in [3.8, 4) is 0 Å². The molecule has 6 heavy (non-hydrogen) atoms. The Morgan fingerprint density at radius 3 is 2.00 bits per heavy atom. The van der Waals surface area contributed by atoms with Gasteiger partial charge in [0.15, 0.2) is 0 Å². The number of ether oxygens (including phenoxy) is 2. The fourth-order valence-electron chi connectivity index (χ4n) is 0.194. The SMILES string of the molecule is C=C1OC(=S)O1. The lowest BCUT2D eigenvalue weighted by Crippen LogP contribution is -2.17. The molecule has 0 atom stereocenters. The minimum atomic E-state index is 0.167. The van der Waals surface area contributed by atoms with Gasteiger partial charge in [0.05, 0.1) is 0 Å². The van der Waals surface area contributed by atoms with Gasteiger partial charge in [-0.15, -0.1) is 0 Å². The van der Waals surface area contributed by atoms with E-state index in [0.29, 0.717) is 5.95 Å². The molecule has 0 aromatic rings. The largest absolute Gasteiger partial charge is 0.384 e. The molecule has 0 saturated carbocycles. The van der Waals surface area contributed by atoms with Gasteiger partial charge in [-0.05, 0) is 6.58 Å². The molecule has 2 nitrogen and oxygen atoms in total. The van der Waals surface area contributed by atoms with Gasteiger partial charge in [0, 0.05) is 12.2 Å². The van der Waals surface area contributed by atoms with Crippen LogP contribution in [-0.4, -0.2) is 5.24 Å². The second-order valence-corrected chi connectivity index (χ2v) is 1.16. The molecule has 0 aromatic heterocycles. The van der Waals surface area contributed by atoms with E-state index < -0.39 is 0 Å². The van der Waals surface area contributed by atoms with Crippen LogP contribution < -0.4 is 0 Å². The fourth-order valence-corrected chi connectivity index (χ4v) is 0.379. The van der Waals surface area contributed by atoms with Crippen LogP contribution in [0, 0.1) is 0 Å². The molecule has 0 spiro atoms. The van der Waals surface area contributed by atoms with Crippen LogP contribution in [0.1, 0.15) is 0 Å². The molecular weight excluding hydrogens is 100 g/mol. The zero-order valence-corrected chi connectivity index (χ0v) is 3.75. The van der Waals surface area contributed by atoms with Crippen LogP contribution in [0.3, 0.4) is 0 Å². The number of hydrogen-bond acceptors (Lipinski definition) is 3. The summed E-state index contributed by atoms with van der Waals surface area (Å²) in [5.41, 5.74) is 0. The molecule has 0 unspecified atom stereocenters. The fraction of sp³-hybridized carbons (Fsp3) is 0. The molecule has 1 heterocycles. The summed E-state index contributed by atoms with van der Waals surface area (Å²) in [5, 5.41) is 0.167. The van der Waals surface area contributed by atoms with Gasteiger partial charge >= 0.3 is 5.24 Å². The van der Waals surface area contributed by atoms with E-state index in [1.807, 2.05) is 0 Å². The van der Waals surface area contributed by atoms with Crippen molar-refractivity contribution in [1.29, 1.82) is 0 Å². The molecule has 0 aromatic carbocycles. The van der Waals surface area contributed by atoms with Gasteiger partial charge in [-0.25, -0.2) is 0 Å². The van der Waals surface area contributed by atoms with E-state index in [0.717, 1.165) is 0 Å². The van der Waals surface area contributed by atoms with Gasteiger partial charge in [0.25, 0.3) is 5.95 Å². The van der Waals surface area contributed by atoms with E-state index in [1.165, 1.54) is 0 Å². The second kappa shape index (κ2) is 0.944. The maximum Gasteiger partial charge on any atom is 0.368 e. The summed E-state index contributed by atoms with van der Waals surface area (Å²) in [5.74, 6) is 0.292. The summed E-state index contributed by atoms with van der Waals surface area (Å²) < 4.78 is 8.91. The molecule has 32 valence electrons. The predicted molar refractivity (Wildman–Crippen MR) is 23.9 cm³/mol. The average Bonchev–Trinajstić information content (AvgIpc) is 1.33. The van der Waals surface area contributed by atoms with Crippen LogP contribution in [0.2, 0.25) is 0 Å². The molecule has 0 aliphatic carbocycles. The van der Waals surface area contributed by atoms with Crippen molar-refractivity contribution >= 4 is 17.5 Å². The minimum Gasteiger partial charge on any atom is -0.384 e. The minimum absolute atomic E-state index is 0.167. The summed E-state index contributed by atoms with van der Waals surface area (Å²) in [7, 11) is 0. The van der Waals surface area contributed by atoms with Crippen molar-refractivity contribution in [2.24, 2.45) is 0 Å². The average molecular weight is 102 g/mol. The molecule has 0 amide bonds. The maximum atomic E-state index is 4.45. The van der Waals surface area contributed by atoms with Crippen LogP contribution in [-0.2, 0) is 9.47 Å². The summed E-state index contributed by atoms with van der Waals surface area (Å²) in [4.78, 5) is 0. The predicted octanol–water partition coefficient (Wildman–Crippen LogP) is 0.789. The van der Waals surface area contributed by atoms with Crippen molar-refractivity contribution < 1.29 is 9.47 Å². The molecular formula is C3H2O2S. The van der Waals surface area contributed by atoms with E-state index in [9.17, 15) is 0 Å². The van der Waals surface area contributed by atoms with Crippen molar-refractivity contribution in [3.63, 3.8) is 0 Å². The first-order chi connectivity index (χ1) is 2.79. The Kier molecular flexibility index (Phi) is 0.569. The lowest BCUT2D eigenvalue weighted by molar-refractivity contribution is 0.0695. The van der Waals surface area contributed by atoms with Crippen LogP contribution in [0.4, 0.5) is 0 Å². The lowest BCUT2D eigenvalue weighted by Gasteiger charge is -2.16. The Labute approximate surface area is 40.4 Å². The molecule has 0 bridgehead atoms. The molecule has 0 N–H and O–H groups in total. The highest BCUT2D eigenvalue weighted by molar-refractivity contribution is 7.79. The summed E-state index contributed by atoms with van der Waals surface area (Å²) >= 11 is 4.36. The highest BCUT2D eigenvalue weighted by atomic mass is 32.1. The van der Waals surface area contributed by atoms with Gasteiger partial charge in [-0.3, -0.25) is 0 Å². The molecule has 0 radical (unpaired) electrons. The molecule has 1 rings (SSSR count). The van der Waals surface area contributed by atoms with Crippen molar-refractivity contribution in [2.45, 2.75) is 0 Å². The maximum absolute atomic E-state index is 4.45. The van der Waals surface area contributed by atoms with Crippen LogP contribution >= 0.6 is 12.2 Å². The Bertz CT molecular complexity index is 85.4. The summed E-state index contributed by atoms with van der Waals surface area (Å²) in [6, 6.07) is 0. The molecule has 1 saturated heterocycles. The highest BCUT2D eigenvalue weighted by Gasteiger charge is 2.15. The van der Waals surface area contributed by atoms with E-state index in [4.69, 9.17) is 0 Å². The lowest BCUT2D eigenvalue weighted by atomic mass is 10.9. The quantitative estimate of drug-likeness (QED) is 0.421. The molecule has 1 aliphatic heterocycles. The highest BCUT2D eigenvalue weighted by Crippen LogP contribution is 2.10. The summed E-state index contributed by atoms with van der Waals surface area (Å²) in [6.45, 7) is 3.28. The molecule has 3 heteroatoms. The molecule has 1 fully saturated rings. The summed E-state index contributed by atoms with van der Waals surface area (Å²) in [6.07, 6.45) is 0. The Balaban J connectivity index is 2.47. The second-order valence-electron chi connectivity index (χ2n) is 0.826. The van der Waals surface area contributed by atoms with Gasteiger partial charge in [-0.1, -0.05) is 0 Å². The monoisotopic (exact) mass is 102 g/mol. The van der Waals surface area contributed by atoms with Crippen molar-refractivity contribution in [2.75, 3.05) is 0 Å². The standard InChI is InChI=1S/C3H2O2S/c1-2-4-3(6)5-2/h1H2. The number of thiocarbonyl (C=S) groups is 1. The smallest absolute Gasteiger partial charge is 0.368 e. The van der Waals surface area contributed by atoms with Crippen molar-refractivity contribution in [1.82, 2.24) is 0 Å². The van der Waals surface area contributed by atoms with Crippen LogP contribution in [0.15, 0.2) is 12.5 Å². The Morgan fingerprint density at radius 1 is 1.50 bits per heavy atom. The number of rotatable bonds is 0. The third-order valence-corrected chi connectivity index (χ3v) is 0.561. The zero-order chi connectivity index (χ0) is 4.57. The molecule has 1 aliphatic rings. The van der Waals surface area contributed by atoms with Crippen LogP contribution in [0.5, 0.6) is 0 Å². The van der Waals surface area contributed by atoms with E-state index in [-0.39, 0.29) is 5.24 Å². The topological polar surface area (TPSA) is 18.5 Å².